The fourth-order valence-corrected chi connectivity index (χ4v) is 1.56. The topological polar surface area (TPSA) is 17.1 Å². The lowest BCUT2D eigenvalue weighted by Gasteiger charge is -2.04. The van der Waals surface area contributed by atoms with Crippen molar-refractivity contribution in [1.82, 2.24) is 0 Å². The highest BCUT2D eigenvalue weighted by molar-refractivity contribution is 5.84. The number of carbonyl (C=O) groups is 1. The maximum absolute atomic E-state index is 11.4. The molecule has 0 aromatic heterocycles. The minimum Gasteiger partial charge on any atom is -0.299 e. The first-order valence-electron chi connectivity index (χ1n) is 4.46. The lowest BCUT2D eigenvalue weighted by atomic mass is 10.00. The van der Waals surface area contributed by atoms with Crippen molar-refractivity contribution in [1.29, 1.82) is 0 Å². The van der Waals surface area contributed by atoms with E-state index in [0.29, 0.717) is 23.0 Å². The van der Waals surface area contributed by atoms with E-state index in [-0.39, 0.29) is 0 Å². The molecule has 11 heavy (non-hydrogen) atoms. The van der Waals surface area contributed by atoms with Gasteiger partial charge in [-0.2, -0.15) is 0 Å². The summed E-state index contributed by atoms with van der Waals surface area (Å²) in [6.45, 7) is 8.56. The molecule has 0 aromatic rings. The van der Waals surface area contributed by atoms with Gasteiger partial charge in [-0.05, 0) is 17.8 Å². The smallest absolute Gasteiger partial charge is 0.136 e. The molecule has 0 spiro atoms. The molecule has 0 aliphatic heterocycles. The fraction of sp³-hybridized carbons (Fsp3) is 0.900. The van der Waals surface area contributed by atoms with Crippen LogP contribution in [-0.2, 0) is 4.79 Å². The van der Waals surface area contributed by atoms with E-state index in [1.807, 2.05) is 0 Å². The molecule has 64 valence electrons. The Balaban J connectivity index is 2.34. The Labute approximate surface area is 69.2 Å². The molecule has 0 heterocycles. The summed E-state index contributed by atoms with van der Waals surface area (Å²) < 4.78 is 0. The maximum Gasteiger partial charge on any atom is 0.136 e. The summed E-state index contributed by atoms with van der Waals surface area (Å²) in [4.78, 5) is 11.4. The van der Waals surface area contributed by atoms with Gasteiger partial charge in [0.1, 0.15) is 5.78 Å². The minimum atomic E-state index is 0.325. The lowest BCUT2D eigenvalue weighted by molar-refractivity contribution is -0.121. The Hall–Kier alpha value is -0.330. The van der Waals surface area contributed by atoms with Crippen LogP contribution in [0.25, 0.3) is 0 Å². The van der Waals surface area contributed by atoms with Crippen molar-refractivity contribution in [3.63, 3.8) is 0 Å². The molecule has 0 radical (unpaired) electrons. The minimum absolute atomic E-state index is 0.325. The molecule has 1 atom stereocenters. The maximum atomic E-state index is 11.4. The summed E-state index contributed by atoms with van der Waals surface area (Å²) in [5, 5.41) is 0. The third-order valence-corrected chi connectivity index (χ3v) is 2.51. The Bertz CT molecular complexity index is 168. The van der Waals surface area contributed by atoms with Crippen molar-refractivity contribution >= 4 is 5.78 Å². The summed E-state index contributed by atoms with van der Waals surface area (Å²) in [6, 6.07) is 0. The van der Waals surface area contributed by atoms with Crippen LogP contribution in [0.5, 0.6) is 0 Å². The Morgan fingerprint density at radius 3 is 2.27 bits per heavy atom. The van der Waals surface area contributed by atoms with Gasteiger partial charge in [0.15, 0.2) is 0 Å². The van der Waals surface area contributed by atoms with Crippen LogP contribution in [-0.4, -0.2) is 5.78 Å². The van der Waals surface area contributed by atoms with Gasteiger partial charge >= 0.3 is 0 Å². The molecule has 1 saturated carbocycles. The van der Waals surface area contributed by atoms with Gasteiger partial charge in [0, 0.05) is 12.3 Å². The second kappa shape index (κ2) is 2.62. The normalized spacial score (nSPS) is 27.2. The Morgan fingerprint density at radius 1 is 1.55 bits per heavy atom. The first-order chi connectivity index (χ1) is 4.93. The van der Waals surface area contributed by atoms with Crippen molar-refractivity contribution < 1.29 is 4.79 Å². The van der Waals surface area contributed by atoms with Crippen molar-refractivity contribution in [3.05, 3.63) is 0 Å². The van der Waals surface area contributed by atoms with Crippen LogP contribution in [0.3, 0.4) is 0 Å². The molecule has 1 aliphatic carbocycles. The largest absolute Gasteiger partial charge is 0.299 e. The van der Waals surface area contributed by atoms with Crippen LogP contribution < -0.4 is 0 Å². The molecule has 1 rings (SSSR count). The van der Waals surface area contributed by atoms with E-state index in [4.69, 9.17) is 0 Å². The van der Waals surface area contributed by atoms with Gasteiger partial charge in [-0.3, -0.25) is 4.79 Å². The summed E-state index contributed by atoms with van der Waals surface area (Å²) in [6.07, 6.45) is 1.88. The molecule has 1 unspecified atom stereocenters. The van der Waals surface area contributed by atoms with Crippen LogP contribution in [0.1, 0.15) is 40.5 Å². The van der Waals surface area contributed by atoms with E-state index >= 15 is 0 Å². The number of ketones is 1. The van der Waals surface area contributed by atoms with Gasteiger partial charge in [-0.15, -0.1) is 0 Å². The molecule has 1 heteroatoms. The molecular weight excluding hydrogens is 136 g/mol. The predicted molar refractivity (Wildman–Crippen MR) is 46.4 cm³/mol. The van der Waals surface area contributed by atoms with Crippen LogP contribution in [0.2, 0.25) is 0 Å². The molecule has 1 nitrogen and oxygen atoms in total. The zero-order chi connectivity index (χ0) is 8.65. The third-order valence-electron chi connectivity index (χ3n) is 2.51. The fourth-order valence-electron chi connectivity index (χ4n) is 1.56. The van der Waals surface area contributed by atoms with Gasteiger partial charge in [0.05, 0.1) is 0 Å². The number of hydrogen-bond donors (Lipinski definition) is 0. The van der Waals surface area contributed by atoms with Crippen molar-refractivity contribution in [3.8, 4) is 0 Å². The molecule has 0 aromatic carbocycles. The summed E-state index contributed by atoms with van der Waals surface area (Å²) in [7, 11) is 0. The van der Waals surface area contributed by atoms with Crippen molar-refractivity contribution in [2.24, 2.45) is 17.3 Å². The molecule has 0 amide bonds. The molecular formula is C10H18O. The second-order valence-corrected chi connectivity index (χ2v) is 4.81. The first kappa shape index (κ1) is 8.76. The van der Waals surface area contributed by atoms with Gasteiger partial charge in [0.25, 0.3) is 0 Å². The van der Waals surface area contributed by atoms with Gasteiger partial charge < -0.3 is 0 Å². The van der Waals surface area contributed by atoms with Crippen LogP contribution in [0.15, 0.2) is 0 Å². The standard InChI is InChI=1S/C10H18O/c1-7(2)5-9(11)8-6-10(8,3)4/h7-8H,5-6H2,1-4H3. The average molecular weight is 154 g/mol. The Kier molecular flexibility index (Phi) is 2.08. The molecule has 0 N–H and O–H groups in total. The number of hydrogen-bond acceptors (Lipinski definition) is 1. The summed E-state index contributed by atoms with van der Waals surface area (Å²) >= 11 is 0. The van der Waals surface area contributed by atoms with E-state index in [9.17, 15) is 4.79 Å². The molecule has 0 bridgehead atoms. The van der Waals surface area contributed by atoms with E-state index in [1.165, 1.54) is 0 Å². The van der Waals surface area contributed by atoms with E-state index < -0.39 is 0 Å². The quantitative estimate of drug-likeness (QED) is 0.610. The zero-order valence-corrected chi connectivity index (χ0v) is 7.98. The zero-order valence-electron chi connectivity index (χ0n) is 7.98. The highest BCUT2D eigenvalue weighted by atomic mass is 16.1. The lowest BCUT2D eigenvalue weighted by Crippen LogP contribution is -2.08. The van der Waals surface area contributed by atoms with E-state index in [2.05, 4.69) is 27.7 Å². The van der Waals surface area contributed by atoms with Crippen LogP contribution >= 0.6 is 0 Å². The third kappa shape index (κ3) is 2.05. The Morgan fingerprint density at radius 2 is 2.00 bits per heavy atom. The number of Topliss-reactive ketones (excluding diaryl/α,β-unsaturated/α-hetero) is 1. The van der Waals surface area contributed by atoms with Gasteiger partial charge in [-0.25, -0.2) is 0 Å². The molecule has 0 saturated heterocycles. The van der Waals surface area contributed by atoms with Gasteiger partial charge in [-0.1, -0.05) is 27.7 Å². The average Bonchev–Trinajstić information content (AvgIpc) is 2.38. The number of carbonyl (C=O) groups excluding carboxylic acids is 1. The van der Waals surface area contributed by atoms with Crippen molar-refractivity contribution in [2.75, 3.05) is 0 Å². The van der Waals surface area contributed by atoms with E-state index in [0.717, 1.165) is 12.8 Å². The summed E-state index contributed by atoms with van der Waals surface area (Å²) in [5.74, 6) is 1.38. The highest BCUT2D eigenvalue weighted by Crippen LogP contribution is 2.52. The molecule has 1 aliphatic rings. The monoisotopic (exact) mass is 154 g/mol. The van der Waals surface area contributed by atoms with Crippen LogP contribution in [0, 0.1) is 17.3 Å². The van der Waals surface area contributed by atoms with E-state index in [1.54, 1.807) is 0 Å². The summed E-state index contributed by atoms with van der Waals surface area (Å²) in [5.41, 5.74) is 0.325. The SMILES string of the molecule is CC(C)CC(=O)C1CC1(C)C. The highest BCUT2D eigenvalue weighted by Gasteiger charge is 2.49. The van der Waals surface area contributed by atoms with Crippen LogP contribution in [0.4, 0.5) is 0 Å². The van der Waals surface area contributed by atoms with Gasteiger partial charge in [0.2, 0.25) is 0 Å². The second-order valence-electron chi connectivity index (χ2n) is 4.81. The molecule has 1 fully saturated rings. The van der Waals surface area contributed by atoms with Crippen molar-refractivity contribution in [2.45, 2.75) is 40.5 Å². The first-order valence-corrected chi connectivity index (χ1v) is 4.46. The predicted octanol–water partition coefficient (Wildman–Crippen LogP) is 2.65. The number of rotatable bonds is 3.